The Morgan fingerprint density at radius 3 is 2.80 bits per heavy atom. The quantitative estimate of drug-likeness (QED) is 0.775. The molecule has 1 heterocycles. The first kappa shape index (κ1) is 12.7. The molecule has 1 rings (SSSR count). The predicted octanol–water partition coefficient (Wildman–Crippen LogP) is 3.26. The summed E-state index contributed by atoms with van der Waals surface area (Å²) in [6.07, 6.45) is 6.94. The van der Waals surface area contributed by atoms with E-state index < -0.39 is 0 Å². The maximum absolute atomic E-state index is 10.1. The highest BCUT2D eigenvalue weighted by molar-refractivity contribution is 7.09. The molecule has 2 unspecified atom stereocenters. The number of hydrogen-bond acceptors (Lipinski definition) is 3. The minimum atomic E-state index is -0.215. The Morgan fingerprint density at radius 2 is 2.27 bits per heavy atom. The standard InChI is InChI=1S/C12H21NOS/c1-3-5-6-10(4-2)11(14)9-12-13-7-8-15-12/h7-8,10-11,14H,3-6,9H2,1-2H3. The first-order chi connectivity index (χ1) is 7.27. The fourth-order valence-corrected chi connectivity index (χ4v) is 2.50. The van der Waals surface area contributed by atoms with Crippen molar-refractivity contribution in [2.24, 2.45) is 5.92 Å². The molecular weight excluding hydrogens is 206 g/mol. The molecule has 15 heavy (non-hydrogen) atoms. The van der Waals surface area contributed by atoms with Gasteiger partial charge in [0.15, 0.2) is 0 Å². The number of unbranched alkanes of at least 4 members (excludes halogenated alkanes) is 1. The molecule has 1 aromatic heterocycles. The lowest BCUT2D eigenvalue weighted by Gasteiger charge is -2.20. The smallest absolute Gasteiger partial charge is 0.0950 e. The molecule has 2 atom stereocenters. The van der Waals surface area contributed by atoms with Gasteiger partial charge in [0.1, 0.15) is 0 Å². The average molecular weight is 227 g/mol. The summed E-state index contributed by atoms with van der Waals surface area (Å²) in [6, 6.07) is 0. The van der Waals surface area contributed by atoms with Crippen molar-refractivity contribution >= 4 is 11.3 Å². The normalized spacial score (nSPS) is 15.1. The van der Waals surface area contributed by atoms with E-state index in [0.717, 1.165) is 24.3 Å². The summed E-state index contributed by atoms with van der Waals surface area (Å²) in [6.45, 7) is 4.35. The Kier molecular flexibility index (Phi) is 5.88. The van der Waals surface area contributed by atoms with E-state index in [2.05, 4.69) is 18.8 Å². The third-order valence-electron chi connectivity index (χ3n) is 2.86. The van der Waals surface area contributed by atoms with Crippen LogP contribution >= 0.6 is 11.3 Å². The minimum absolute atomic E-state index is 0.215. The highest BCUT2D eigenvalue weighted by Crippen LogP contribution is 2.20. The van der Waals surface area contributed by atoms with Gasteiger partial charge in [-0.25, -0.2) is 4.98 Å². The maximum atomic E-state index is 10.1. The number of hydrogen-bond donors (Lipinski definition) is 1. The van der Waals surface area contributed by atoms with Gasteiger partial charge in [0, 0.05) is 18.0 Å². The van der Waals surface area contributed by atoms with E-state index in [4.69, 9.17) is 0 Å². The Hall–Kier alpha value is -0.410. The maximum Gasteiger partial charge on any atom is 0.0950 e. The summed E-state index contributed by atoms with van der Waals surface area (Å²) in [5.41, 5.74) is 0. The third kappa shape index (κ3) is 4.31. The van der Waals surface area contributed by atoms with Crippen LogP contribution in [0.4, 0.5) is 0 Å². The van der Waals surface area contributed by atoms with E-state index >= 15 is 0 Å². The highest BCUT2D eigenvalue weighted by Gasteiger charge is 2.18. The van der Waals surface area contributed by atoms with Crippen LogP contribution in [0.25, 0.3) is 0 Å². The van der Waals surface area contributed by atoms with Gasteiger partial charge in [0.25, 0.3) is 0 Å². The van der Waals surface area contributed by atoms with Crippen LogP contribution in [0, 0.1) is 5.92 Å². The number of aliphatic hydroxyl groups excluding tert-OH is 1. The van der Waals surface area contributed by atoms with Crippen molar-refractivity contribution in [1.82, 2.24) is 4.98 Å². The summed E-state index contributed by atoms with van der Waals surface area (Å²) in [5.74, 6) is 0.439. The monoisotopic (exact) mass is 227 g/mol. The molecule has 0 aliphatic rings. The molecular formula is C12H21NOS. The SMILES string of the molecule is CCCCC(CC)C(O)Cc1nccs1. The van der Waals surface area contributed by atoms with E-state index in [-0.39, 0.29) is 6.10 Å². The van der Waals surface area contributed by atoms with Crippen LogP contribution in [-0.4, -0.2) is 16.2 Å². The van der Waals surface area contributed by atoms with Gasteiger partial charge in [0.2, 0.25) is 0 Å². The summed E-state index contributed by atoms with van der Waals surface area (Å²) in [5, 5.41) is 13.1. The number of nitrogens with zero attached hydrogens (tertiary/aromatic N) is 1. The minimum Gasteiger partial charge on any atom is -0.392 e. The molecule has 3 heteroatoms. The van der Waals surface area contributed by atoms with Crippen molar-refractivity contribution in [2.75, 3.05) is 0 Å². The second-order valence-corrected chi connectivity index (χ2v) is 4.99. The average Bonchev–Trinajstić information content (AvgIpc) is 2.71. The van der Waals surface area contributed by atoms with E-state index in [1.807, 2.05) is 5.38 Å². The summed E-state index contributed by atoms with van der Waals surface area (Å²) < 4.78 is 0. The predicted molar refractivity (Wildman–Crippen MR) is 65.1 cm³/mol. The lowest BCUT2D eigenvalue weighted by atomic mass is 9.92. The second-order valence-electron chi connectivity index (χ2n) is 4.01. The number of aromatic nitrogens is 1. The van der Waals surface area contributed by atoms with Crippen molar-refractivity contribution in [1.29, 1.82) is 0 Å². The van der Waals surface area contributed by atoms with Crippen LogP contribution < -0.4 is 0 Å². The fraction of sp³-hybridized carbons (Fsp3) is 0.750. The topological polar surface area (TPSA) is 33.1 Å². The summed E-state index contributed by atoms with van der Waals surface area (Å²) in [7, 11) is 0. The van der Waals surface area contributed by atoms with Crippen molar-refractivity contribution in [3.63, 3.8) is 0 Å². The number of rotatable bonds is 7. The Balaban J connectivity index is 2.39. The van der Waals surface area contributed by atoms with Crippen molar-refractivity contribution in [3.8, 4) is 0 Å². The third-order valence-corrected chi connectivity index (χ3v) is 3.67. The molecule has 0 bridgehead atoms. The van der Waals surface area contributed by atoms with E-state index in [1.165, 1.54) is 12.8 Å². The van der Waals surface area contributed by atoms with Gasteiger partial charge in [0.05, 0.1) is 11.1 Å². The lowest BCUT2D eigenvalue weighted by Crippen LogP contribution is -2.22. The molecule has 2 nitrogen and oxygen atoms in total. The van der Waals surface area contributed by atoms with Crippen LogP contribution in [0.1, 0.15) is 44.5 Å². The molecule has 0 aliphatic heterocycles. The first-order valence-electron chi connectivity index (χ1n) is 5.84. The molecule has 0 saturated carbocycles. The summed E-state index contributed by atoms with van der Waals surface area (Å²) >= 11 is 1.63. The van der Waals surface area contributed by atoms with Crippen LogP contribution in [-0.2, 0) is 6.42 Å². The van der Waals surface area contributed by atoms with E-state index in [1.54, 1.807) is 17.5 Å². The zero-order valence-corrected chi connectivity index (χ0v) is 10.5. The molecule has 0 amide bonds. The van der Waals surface area contributed by atoms with Gasteiger partial charge in [-0.15, -0.1) is 11.3 Å². The second kappa shape index (κ2) is 6.96. The van der Waals surface area contributed by atoms with E-state index in [0.29, 0.717) is 5.92 Å². The Labute approximate surface area is 96.4 Å². The van der Waals surface area contributed by atoms with Crippen molar-refractivity contribution < 1.29 is 5.11 Å². The molecule has 0 fully saturated rings. The van der Waals surface area contributed by atoms with Crippen LogP contribution in [0.15, 0.2) is 11.6 Å². The molecule has 0 aromatic carbocycles. The summed E-state index contributed by atoms with van der Waals surface area (Å²) in [4.78, 5) is 4.21. The highest BCUT2D eigenvalue weighted by atomic mass is 32.1. The number of thiazole rings is 1. The zero-order valence-electron chi connectivity index (χ0n) is 9.65. The molecule has 0 saturated heterocycles. The van der Waals surface area contributed by atoms with Crippen LogP contribution in [0.3, 0.4) is 0 Å². The Bertz CT molecular complexity index is 248. The Morgan fingerprint density at radius 1 is 1.47 bits per heavy atom. The number of aliphatic hydroxyl groups is 1. The largest absolute Gasteiger partial charge is 0.392 e. The molecule has 1 aromatic rings. The van der Waals surface area contributed by atoms with Crippen molar-refractivity contribution in [2.45, 2.75) is 52.1 Å². The van der Waals surface area contributed by atoms with Gasteiger partial charge in [-0.3, -0.25) is 0 Å². The van der Waals surface area contributed by atoms with Gasteiger partial charge in [-0.05, 0) is 12.3 Å². The molecule has 0 radical (unpaired) electrons. The molecule has 0 spiro atoms. The van der Waals surface area contributed by atoms with Gasteiger partial charge in [-0.2, -0.15) is 0 Å². The van der Waals surface area contributed by atoms with Gasteiger partial charge in [-0.1, -0.05) is 33.1 Å². The molecule has 86 valence electrons. The lowest BCUT2D eigenvalue weighted by molar-refractivity contribution is 0.0987. The van der Waals surface area contributed by atoms with Crippen molar-refractivity contribution in [3.05, 3.63) is 16.6 Å². The molecule has 0 aliphatic carbocycles. The van der Waals surface area contributed by atoms with Gasteiger partial charge < -0.3 is 5.11 Å². The van der Waals surface area contributed by atoms with Crippen LogP contribution in [0.5, 0.6) is 0 Å². The fourth-order valence-electron chi connectivity index (χ4n) is 1.83. The molecule has 1 N–H and O–H groups in total. The van der Waals surface area contributed by atoms with E-state index in [9.17, 15) is 5.11 Å². The first-order valence-corrected chi connectivity index (χ1v) is 6.72. The zero-order chi connectivity index (χ0) is 11.1. The van der Waals surface area contributed by atoms with Gasteiger partial charge >= 0.3 is 0 Å². The van der Waals surface area contributed by atoms with Crippen LogP contribution in [0.2, 0.25) is 0 Å².